The molecule has 3 rings (SSSR count). The van der Waals surface area contributed by atoms with E-state index in [2.05, 4.69) is 31.5 Å². The number of hydrogen-bond donors (Lipinski definition) is 2. The zero-order valence-electron chi connectivity index (χ0n) is 18.7. The Bertz CT molecular complexity index is 1330. The van der Waals surface area contributed by atoms with E-state index >= 15 is 0 Å². The zero-order chi connectivity index (χ0) is 26.5. The monoisotopic (exact) mass is 583 g/mol. The first kappa shape index (κ1) is 27.0. The maximum absolute atomic E-state index is 13.1. The highest BCUT2D eigenvalue weighted by atomic mass is 79.9. The van der Waals surface area contributed by atoms with Crippen LogP contribution in [0, 0.1) is 0 Å². The number of nitrogens with one attached hydrogen (secondary N) is 2. The largest absolute Gasteiger partial charge is 0.493 e. The summed E-state index contributed by atoms with van der Waals surface area (Å²) >= 11 is 9.20. The Labute approximate surface area is 217 Å². The van der Waals surface area contributed by atoms with Gasteiger partial charge in [-0.05, 0) is 70.0 Å². The molecule has 0 spiro atoms. The van der Waals surface area contributed by atoms with Gasteiger partial charge in [0.25, 0.3) is 11.8 Å². The minimum atomic E-state index is -4.61. The van der Waals surface area contributed by atoms with Gasteiger partial charge < -0.3 is 20.1 Å². The molecule has 2 N–H and O–H groups in total. The fourth-order valence-electron chi connectivity index (χ4n) is 3.07. The van der Waals surface area contributed by atoms with E-state index in [1.165, 1.54) is 50.8 Å². The van der Waals surface area contributed by atoms with E-state index < -0.39 is 29.1 Å². The molecule has 0 atom stereocenters. The molecule has 7 nitrogen and oxygen atoms in total. The van der Waals surface area contributed by atoms with Crippen molar-refractivity contribution in [2.24, 2.45) is 0 Å². The van der Waals surface area contributed by atoms with Gasteiger partial charge in [0.15, 0.2) is 11.5 Å². The number of ether oxygens (including phenoxy) is 2. The van der Waals surface area contributed by atoms with Crippen molar-refractivity contribution in [1.82, 2.24) is 4.98 Å². The van der Waals surface area contributed by atoms with Gasteiger partial charge in [-0.2, -0.15) is 13.2 Å². The van der Waals surface area contributed by atoms with Gasteiger partial charge >= 0.3 is 6.18 Å². The Morgan fingerprint density at radius 2 is 1.67 bits per heavy atom. The Morgan fingerprint density at radius 3 is 2.25 bits per heavy atom. The fraction of sp³-hybridized carbons (Fsp3) is 0.125. The summed E-state index contributed by atoms with van der Waals surface area (Å²) in [7, 11) is 2.86. The molecule has 12 heteroatoms. The summed E-state index contributed by atoms with van der Waals surface area (Å²) in [6.45, 7) is 0. The van der Waals surface area contributed by atoms with Gasteiger partial charge in [-0.25, -0.2) is 4.98 Å². The number of methoxy groups -OCH3 is 2. The molecule has 0 saturated carbocycles. The van der Waals surface area contributed by atoms with Gasteiger partial charge in [-0.1, -0.05) is 17.7 Å². The zero-order valence-corrected chi connectivity index (χ0v) is 21.1. The van der Waals surface area contributed by atoms with Crippen LogP contribution in [-0.4, -0.2) is 31.0 Å². The van der Waals surface area contributed by atoms with Crippen LogP contribution in [0.4, 0.5) is 24.5 Å². The summed E-state index contributed by atoms with van der Waals surface area (Å²) in [6, 6.07) is 9.99. The van der Waals surface area contributed by atoms with Crippen molar-refractivity contribution in [2.75, 3.05) is 24.9 Å². The molecule has 1 heterocycles. The van der Waals surface area contributed by atoms with Crippen molar-refractivity contribution in [3.05, 3.63) is 81.1 Å². The summed E-state index contributed by atoms with van der Waals surface area (Å²) < 4.78 is 50.3. The molecule has 2 aromatic carbocycles. The van der Waals surface area contributed by atoms with Gasteiger partial charge in [0.2, 0.25) is 0 Å². The first-order chi connectivity index (χ1) is 17.0. The minimum absolute atomic E-state index is 0.107. The van der Waals surface area contributed by atoms with Crippen LogP contribution in [0.25, 0.3) is 6.08 Å². The number of amides is 2. The second-order valence-electron chi connectivity index (χ2n) is 7.15. The molecule has 0 bridgehead atoms. The smallest absolute Gasteiger partial charge is 0.416 e. The van der Waals surface area contributed by atoms with Crippen LogP contribution in [0.1, 0.15) is 11.1 Å². The summed E-state index contributed by atoms with van der Waals surface area (Å²) in [6.07, 6.45) is -1.99. The number of anilines is 2. The van der Waals surface area contributed by atoms with E-state index in [-0.39, 0.29) is 16.5 Å². The molecular weight excluding hydrogens is 567 g/mol. The number of rotatable bonds is 7. The third-order valence-corrected chi connectivity index (χ3v) is 5.48. The van der Waals surface area contributed by atoms with E-state index in [4.69, 9.17) is 21.1 Å². The molecule has 0 saturated heterocycles. The Morgan fingerprint density at radius 1 is 1.00 bits per heavy atom. The van der Waals surface area contributed by atoms with Crippen molar-refractivity contribution >= 4 is 56.8 Å². The number of hydrogen-bond acceptors (Lipinski definition) is 5. The van der Waals surface area contributed by atoms with Crippen molar-refractivity contribution in [3.63, 3.8) is 0 Å². The number of nitrogens with zero attached hydrogens (tertiary/aromatic N) is 1. The average Bonchev–Trinajstić information content (AvgIpc) is 2.81. The quantitative estimate of drug-likeness (QED) is 0.150. The van der Waals surface area contributed by atoms with Crippen molar-refractivity contribution < 1.29 is 32.2 Å². The van der Waals surface area contributed by atoms with E-state index in [0.717, 1.165) is 18.2 Å². The Balaban J connectivity index is 2.02. The van der Waals surface area contributed by atoms with E-state index in [1.54, 1.807) is 6.07 Å². The van der Waals surface area contributed by atoms with Crippen molar-refractivity contribution in [2.45, 2.75) is 6.18 Å². The van der Waals surface area contributed by atoms with Gasteiger partial charge in [0.05, 0.1) is 24.3 Å². The standard InChI is InChI=1S/C24H18BrClF3N3O4/c1-35-19-10-13(9-18(25)21(19)36-2)8-17(23(34)32-16-6-7-30-20(26)12-16)22(33)31-15-5-3-4-14(11-15)24(27,28)29/h3-12H,1-2H3,(H,31,33)(H,30,32,34)/b17-8-. The first-order valence-corrected chi connectivity index (χ1v) is 11.2. The number of carbonyl (C=O) groups excluding carboxylic acids is 2. The second-order valence-corrected chi connectivity index (χ2v) is 8.39. The van der Waals surface area contributed by atoms with Gasteiger partial charge in [-0.3, -0.25) is 9.59 Å². The predicted octanol–water partition coefficient (Wildman–Crippen LogP) is 6.19. The van der Waals surface area contributed by atoms with E-state index in [9.17, 15) is 22.8 Å². The SMILES string of the molecule is COc1cc(/C=C(/C(=O)Nc2cccc(C(F)(F)F)c2)C(=O)Nc2ccnc(Cl)c2)cc(Br)c1OC. The maximum Gasteiger partial charge on any atom is 0.416 e. The lowest BCUT2D eigenvalue weighted by Gasteiger charge is -2.13. The minimum Gasteiger partial charge on any atom is -0.493 e. The maximum atomic E-state index is 13.1. The molecule has 1 aromatic heterocycles. The van der Waals surface area contributed by atoms with Crippen LogP contribution in [-0.2, 0) is 15.8 Å². The van der Waals surface area contributed by atoms with Gasteiger partial charge in [-0.15, -0.1) is 0 Å². The third-order valence-electron chi connectivity index (χ3n) is 4.69. The summed E-state index contributed by atoms with van der Waals surface area (Å²) in [4.78, 5) is 30.0. The molecule has 0 aliphatic heterocycles. The Kier molecular flexibility index (Phi) is 8.59. The highest BCUT2D eigenvalue weighted by Crippen LogP contribution is 2.37. The molecule has 3 aromatic rings. The van der Waals surface area contributed by atoms with E-state index in [0.29, 0.717) is 21.5 Å². The highest BCUT2D eigenvalue weighted by Gasteiger charge is 2.30. The van der Waals surface area contributed by atoms with Gasteiger partial charge in [0.1, 0.15) is 10.7 Å². The van der Waals surface area contributed by atoms with Crippen LogP contribution in [0.3, 0.4) is 0 Å². The lowest BCUT2D eigenvalue weighted by molar-refractivity contribution is -0.137. The molecule has 188 valence electrons. The van der Waals surface area contributed by atoms with Crippen molar-refractivity contribution in [3.8, 4) is 11.5 Å². The number of benzene rings is 2. The van der Waals surface area contributed by atoms with Crippen LogP contribution >= 0.6 is 27.5 Å². The highest BCUT2D eigenvalue weighted by molar-refractivity contribution is 9.10. The van der Waals surface area contributed by atoms with Gasteiger partial charge in [0, 0.05) is 17.6 Å². The molecule has 0 fully saturated rings. The number of alkyl halides is 3. The molecule has 36 heavy (non-hydrogen) atoms. The second kappa shape index (κ2) is 11.4. The summed E-state index contributed by atoms with van der Waals surface area (Å²) in [5.41, 5.74) is -0.873. The summed E-state index contributed by atoms with van der Waals surface area (Å²) in [5, 5.41) is 4.98. The predicted molar refractivity (Wildman–Crippen MR) is 133 cm³/mol. The van der Waals surface area contributed by atoms with E-state index in [1.807, 2.05) is 0 Å². The molecule has 0 radical (unpaired) electrons. The van der Waals surface area contributed by atoms with Crippen molar-refractivity contribution in [1.29, 1.82) is 0 Å². The van der Waals surface area contributed by atoms with Crippen LogP contribution in [0.5, 0.6) is 11.5 Å². The number of halogens is 5. The van der Waals surface area contributed by atoms with Crippen LogP contribution in [0.15, 0.2) is 64.8 Å². The lowest BCUT2D eigenvalue weighted by atomic mass is 10.1. The lowest BCUT2D eigenvalue weighted by Crippen LogP contribution is -2.25. The molecule has 0 aliphatic rings. The molecule has 2 amide bonds. The third kappa shape index (κ3) is 6.76. The number of pyridine rings is 1. The fourth-order valence-corrected chi connectivity index (χ4v) is 3.87. The molecular formula is C24H18BrClF3N3O4. The molecule has 0 aliphatic carbocycles. The van der Waals surface area contributed by atoms with Crippen LogP contribution < -0.4 is 20.1 Å². The average molecular weight is 585 g/mol. The first-order valence-electron chi connectivity index (χ1n) is 10.1. The number of aromatic nitrogens is 1. The number of carbonyl (C=O) groups is 2. The Hall–Kier alpha value is -3.57. The molecule has 0 unspecified atom stereocenters. The topological polar surface area (TPSA) is 89.5 Å². The normalized spacial score (nSPS) is 11.6. The summed E-state index contributed by atoms with van der Waals surface area (Å²) in [5.74, 6) is -1.08. The van der Waals surface area contributed by atoms with Crippen LogP contribution in [0.2, 0.25) is 5.15 Å².